The van der Waals surface area contributed by atoms with Crippen LogP contribution in [0.2, 0.25) is 0 Å². The van der Waals surface area contributed by atoms with Crippen LogP contribution in [-0.4, -0.2) is 42.9 Å². The number of nitrogens with two attached hydrogens (primary N) is 1. The third kappa shape index (κ3) is 6.97. The first-order chi connectivity index (χ1) is 16.4. The molecule has 2 atom stereocenters. The summed E-state index contributed by atoms with van der Waals surface area (Å²) in [6.07, 6.45) is -8.39. The van der Waals surface area contributed by atoms with Gasteiger partial charge in [-0.15, -0.1) is 0 Å². The topological polar surface area (TPSA) is 75.4 Å². The molecule has 3 N–H and O–H groups in total. The lowest BCUT2D eigenvalue weighted by atomic mass is 9.93. The van der Waals surface area contributed by atoms with Gasteiger partial charge in [-0.3, -0.25) is 9.59 Å². The van der Waals surface area contributed by atoms with Crippen LogP contribution in [0.25, 0.3) is 0 Å². The van der Waals surface area contributed by atoms with Gasteiger partial charge >= 0.3 is 12.4 Å². The zero-order chi connectivity index (χ0) is 25.8. The second-order valence-corrected chi connectivity index (χ2v) is 8.49. The lowest BCUT2D eigenvalue weighted by molar-refractivity contribution is -0.139. The first-order valence-electron chi connectivity index (χ1n) is 11.0. The molecular weight excluding hydrogens is 476 g/mol. The highest BCUT2D eigenvalue weighted by molar-refractivity contribution is 5.88. The van der Waals surface area contributed by atoms with Gasteiger partial charge < -0.3 is 16.0 Å². The highest BCUT2D eigenvalue weighted by Gasteiger charge is 2.38. The molecule has 0 saturated carbocycles. The number of rotatable bonds is 8. The second kappa shape index (κ2) is 10.7. The van der Waals surface area contributed by atoms with Crippen LogP contribution in [0.1, 0.15) is 22.3 Å². The third-order valence-electron chi connectivity index (χ3n) is 6.11. The van der Waals surface area contributed by atoms with E-state index in [1.807, 2.05) is 0 Å². The van der Waals surface area contributed by atoms with Crippen molar-refractivity contribution in [2.75, 3.05) is 26.2 Å². The van der Waals surface area contributed by atoms with Crippen molar-refractivity contribution < 1.29 is 35.9 Å². The maximum absolute atomic E-state index is 13.3. The minimum atomic E-state index is -4.46. The molecule has 1 aliphatic heterocycles. The Bertz CT molecular complexity index is 958. The lowest BCUT2D eigenvalue weighted by Crippen LogP contribution is -2.44. The summed E-state index contributed by atoms with van der Waals surface area (Å²) in [6.45, 7) is 0.834. The summed E-state index contributed by atoms with van der Waals surface area (Å²) in [6, 6.07) is 9.22. The quantitative estimate of drug-likeness (QED) is 0.543. The molecule has 1 saturated heterocycles. The molecule has 2 unspecified atom stereocenters. The van der Waals surface area contributed by atoms with Crippen molar-refractivity contribution >= 4 is 11.8 Å². The van der Waals surface area contributed by atoms with Crippen LogP contribution in [0.15, 0.2) is 48.5 Å². The average Bonchev–Trinajstić information content (AvgIpc) is 3.28. The zero-order valence-electron chi connectivity index (χ0n) is 18.6. The largest absolute Gasteiger partial charge is 0.416 e. The van der Waals surface area contributed by atoms with Crippen molar-refractivity contribution in [3.8, 4) is 0 Å². The molecule has 2 amide bonds. The standard InChI is InChI=1S/C24H25F6N3O2/c25-23(26,27)17-5-1-15(2-6-17)9-11-33(22(35)20-14-32-13-19(20)21(31)34)12-10-16-3-7-18(8-4-16)24(28,29)30/h1-8,19-20,32H,9-14H2,(H2,31,34). The van der Waals surface area contributed by atoms with Gasteiger partial charge in [0.25, 0.3) is 0 Å². The molecule has 0 spiro atoms. The number of benzene rings is 2. The zero-order valence-corrected chi connectivity index (χ0v) is 18.6. The van der Waals surface area contributed by atoms with Gasteiger partial charge in [0, 0.05) is 26.2 Å². The van der Waals surface area contributed by atoms with E-state index < -0.39 is 41.2 Å². The number of hydrogen-bond acceptors (Lipinski definition) is 3. The van der Waals surface area contributed by atoms with Crippen molar-refractivity contribution in [2.45, 2.75) is 25.2 Å². The maximum atomic E-state index is 13.3. The van der Waals surface area contributed by atoms with E-state index in [4.69, 9.17) is 5.73 Å². The van der Waals surface area contributed by atoms with E-state index in [0.29, 0.717) is 11.1 Å². The summed E-state index contributed by atoms with van der Waals surface area (Å²) < 4.78 is 76.8. The van der Waals surface area contributed by atoms with Crippen LogP contribution < -0.4 is 11.1 Å². The summed E-state index contributed by atoms with van der Waals surface area (Å²) >= 11 is 0. The Balaban J connectivity index is 1.72. The molecule has 1 fully saturated rings. The van der Waals surface area contributed by atoms with Crippen LogP contribution in [0.5, 0.6) is 0 Å². The number of amides is 2. The number of primary amides is 1. The Kier molecular flexibility index (Phi) is 8.09. The smallest absolute Gasteiger partial charge is 0.369 e. The number of alkyl halides is 6. The van der Waals surface area contributed by atoms with Crippen LogP contribution in [0.4, 0.5) is 26.3 Å². The Morgan fingerprint density at radius 2 is 1.17 bits per heavy atom. The summed E-state index contributed by atoms with van der Waals surface area (Å²) in [7, 11) is 0. The number of nitrogens with one attached hydrogen (secondary N) is 1. The molecule has 5 nitrogen and oxygen atoms in total. The van der Waals surface area contributed by atoms with Crippen LogP contribution in [0, 0.1) is 11.8 Å². The maximum Gasteiger partial charge on any atom is 0.416 e. The average molecular weight is 501 g/mol. The van der Waals surface area contributed by atoms with Crippen molar-refractivity contribution in [2.24, 2.45) is 17.6 Å². The van der Waals surface area contributed by atoms with Gasteiger partial charge in [-0.2, -0.15) is 26.3 Å². The predicted molar refractivity (Wildman–Crippen MR) is 116 cm³/mol. The van der Waals surface area contributed by atoms with E-state index in [1.165, 1.54) is 29.2 Å². The second-order valence-electron chi connectivity index (χ2n) is 8.49. The fourth-order valence-electron chi connectivity index (χ4n) is 4.05. The molecule has 0 aromatic heterocycles. The van der Waals surface area contributed by atoms with E-state index in [1.54, 1.807) is 0 Å². The van der Waals surface area contributed by atoms with Crippen molar-refractivity contribution in [1.82, 2.24) is 10.2 Å². The molecule has 0 aliphatic carbocycles. The summed E-state index contributed by atoms with van der Waals surface area (Å²) in [5.41, 5.74) is 5.03. The summed E-state index contributed by atoms with van der Waals surface area (Å²) in [5, 5.41) is 2.97. The molecule has 11 heteroatoms. The molecule has 3 rings (SSSR count). The predicted octanol–water partition coefficient (Wildman–Crippen LogP) is 3.66. The van der Waals surface area contributed by atoms with Crippen molar-refractivity contribution in [3.05, 3.63) is 70.8 Å². The Labute approximate surface area is 198 Å². The van der Waals surface area contributed by atoms with E-state index in [-0.39, 0.29) is 44.9 Å². The fraction of sp³-hybridized carbons (Fsp3) is 0.417. The molecular formula is C24H25F6N3O2. The van der Waals surface area contributed by atoms with Crippen LogP contribution >= 0.6 is 0 Å². The minimum absolute atomic E-state index is 0.160. The first-order valence-corrected chi connectivity index (χ1v) is 11.0. The number of carbonyl (C=O) groups is 2. The third-order valence-corrected chi connectivity index (χ3v) is 6.11. The van der Waals surface area contributed by atoms with E-state index in [2.05, 4.69) is 5.32 Å². The van der Waals surface area contributed by atoms with E-state index in [9.17, 15) is 35.9 Å². The van der Waals surface area contributed by atoms with Gasteiger partial charge in [0.1, 0.15) is 0 Å². The molecule has 2 aromatic carbocycles. The Morgan fingerprint density at radius 3 is 1.54 bits per heavy atom. The summed E-state index contributed by atoms with van der Waals surface area (Å²) in [5.74, 6) is -2.33. The van der Waals surface area contributed by atoms with Crippen molar-refractivity contribution in [3.63, 3.8) is 0 Å². The molecule has 0 radical (unpaired) electrons. The molecule has 190 valence electrons. The molecule has 0 bridgehead atoms. The molecule has 2 aromatic rings. The molecule has 1 heterocycles. The lowest BCUT2D eigenvalue weighted by Gasteiger charge is -2.27. The fourth-order valence-corrected chi connectivity index (χ4v) is 4.05. The van der Waals surface area contributed by atoms with E-state index in [0.717, 1.165) is 24.3 Å². The number of carbonyl (C=O) groups excluding carboxylic acids is 2. The minimum Gasteiger partial charge on any atom is -0.369 e. The van der Waals surface area contributed by atoms with Gasteiger partial charge in [0.15, 0.2) is 0 Å². The Morgan fingerprint density at radius 1 is 0.771 bits per heavy atom. The van der Waals surface area contributed by atoms with Gasteiger partial charge in [0.2, 0.25) is 11.8 Å². The normalized spacial score (nSPS) is 18.5. The monoisotopic (exact) mass is 501 g/mol. The molecule has 1 aliphatic rings. The number of halogens is 6. The van der Waals surface area contributed by atoms with Crippen LogP contribution in [-0.2, 0) is 34.8 Å². The highest BCUT2D eigenvalue weighted by Crippen LogP contribution is 2.30. The summed E-state index contributed by atoms with van der Waals surface area (Å²) in [4.78, 5) is 26.5. The Hall–Kier alpha value is -3.08. The van der Waals surface area contributed by atoms with Gasteiger partial charge in [0.05, 0.1) is 23.0 Å². The first kappa shape index (κ1) is 26.5. The van der Waals surface area contributed by atoms with Crippen LogP contribution in [0.3, 0.4) is 0 Å². The van der Waals surface area contributed by atoms with Gasteiger partial charge in [-0.25, -0.2) is 0 Å². The van der Waals surface area contributed by atoms with Gasteiger partial charge in [-0.05, 0) is 48.2 Å². The number of hydrogen-bond donors (Lipinski definition) is 2. The van der Waals surface area contributed by atoms with E-state index >= 15 is 0 Å². The molecule has 35 heavy (non-hydrogen) atoms. The SMILES string of the molecule is NC(=O)C1CNCC1C(=O)N(CCc1ccc(C(F)(F)F)cc1)CCc1ccc(C(F)(F)F)cc1. The van der Waals surface area contributed by atoms with Gasteiger partial charge in [-0.1, -0.05) is 24.3 Å². The highest BCUT2D eigenvalue weighted by atomic mass is 19.4. The van der Waals surface area contributed by atoms with Crippen molar-refractivity contribution in [1.29, 1.82) is 0 Å². The number of nitrogens with zero attached hydrogens (tertiary/aromatic N) is 1.